The Labute approximate surface area is 187 Å². The third-order valence-electron chi connectivity index (χ3n) is 4.32. The van der Waals surface area contributed by atoms with Gasteiger partial charge >= 0.3 is 0 Å². The number of aromatic nitrogens is 1. The molecule has 30 heavy (non-hydrogen) atoms. The predicted molar refractivity (Wildman–Crippen MR) is 120 cm³/mol. The predicted octanol–water partition coefficient (Wildman–Crippen LogP) is 6.86. The van der Waals surface area contributed by atoms with Crippen molar-refractivity contribution in [2.24, 2.45) is 0 Å². The van der Waals surface area contributed by atoms with Crippen molar-refractivity contribution in [2.75, 3.05) is 5.32 Å². The van der Waals surface area contributed by atoms with Crippen molar-refractivity contribution in [3.63, 3.8) is 0 Å². The summed E-state index contributed by atoms with van der Waals surface area (Å²) >= 11 is 18.4. The Kier molecular flexibility index (Phi) is 5.86. The number of fused-ring (bicyclic) bond motifs is 1. The van der Waals surface area contributed by atoms with Gasteiger partial charge in [0.1, 0.15) is 16.3 Å². The second kappa shape index (κ2) is 8.56. The fourth-order valence-electron chi connectivity index (χ4n) is 2.83. The average molecular weight is 462 g/mol. The van der Waals surface area contributed by atoms with Gasteiger partial charge in [-0.3, -0.25) is 4.79 Å². The molecule has 152 valence electrons. The van der Waals surface area contributed by atoms with Crippen LogP contribution in [0.4, 0.5) is 5.69 Å². The zero-order valence-corrected chi connectivity index (χ0v) is 17.9. The largest absolute Gasteiger partial charge is 0.479 e. The summed E-state index contributed by atoms with van der Waals surface area (Å²) in [6, 6.07) is 17.7. The molecule has 0 aliphatic rings. The maximum atomic E-state index is 12.6. The molecule has 1 N–H and O–H groups in total. The summed E-state index contributed by atoms with van der Waals surface area (Å²) in [7, 11) is 0. The molecule has 0 saturated heterocycles. The molecular formula is C22H15Cl3N2O3. The highest BCUT2D eigenvalue weighted by Crippen LogP contribution is 2.33. The molecule has 1 aromatic heterocycles. The number of carbonyl (C=O) groups excluding carboxylic acids is 1. The lowest BCUT2D eigenvalue weighted by Crippen LogP contribution is -2.30. The van der Waals surface area contributed by atoms with E-state index >= 15 is 0 Å². The molecule has 8 heteroatoms. The van der Waals surface area contributed by atoms with Crippen molar-refractivity contribution in [2.45, 2.75) is 13.0 Å². The van der Waals surface area contributed by atoms with Gasteiger partial charge in [0.2, 0.25) is 5.89 Å². The lowest BCUT2D eigenvalue weighted by Gasteiger charge is -2.16. The Morgan fingerprint density at radius 3 is 2.57 bits per heavy atom. The van der Waals surface area contributed by atoms with E-state index in [9.17, 15) is 4.79 Å². The first kappa shape index (κ1) is 20.5. The van der Waals surface area contributed by atoms with Crippen LogP contribution >= 0.6 is 34.8 Å². The fraction of sp³-hybridized carbons (Fsp3) is 0.0909. The van der Waals surface area contributed by atoms with Crippen molar-refractivity contribution >= 4 is 57.5 Å². The molecule has 0 unspecified atom stereocenters. The number of benzene rings is 3. The molecule has 0 bridgehead atoms. The monoisotopic (exact) mass is 460 g/mol. The van der Waals surface area contributed by atoms with Gasteiger partial charge < -0.3 is 14.5 Å². The number of halogens is 3. The third-order valence-corrected chi connectivity index (χ3v) is 5.40. The zero-order chi connectivity index (χ0) is 21.3. The van der Waals surface area contributed by atoms with E-state index in [1.54, 1.807) is 37.3 Å². The highest BCUT2D eigenvalue weighted by atomic mass is 35.5. The molecule has 0 radical (unpaired) electrons. The maximum absolute atomic E-state index is 12.6. The van der Waals surface area contributed by atoms with E-state index < -0.39 is 6.10 Å². The van der Waals surface area contributed by atoms with Crippen molar-refractivity contribution in [1.29, 1.82) is 0 Å². The van der Waals surface area contributed by atoms with Gasteiger partial charge in [-0.15, -0.1) is 0 Å². The summed E-state index contributed by atoms with van der Waals surface area (Å²) in [5.74, 6) is 0.390. The lowest BCUT2D eigenvalue weighted by molar-refractivity contribution is -0.122. The second-order valence-corrected chi connectivity index (χ2v) is 7.69. The molecule has 1 atom stereocenters. The first-order chi connectivity index (χ1) is 14.4. The number of amides is 1. The average Bonchev–Trinajstić information content (AvgIpc) is 3.17. The van der Waals surface area contributed by atoms with Crippen LogP contribution in [-0.2, 0) is 4.79 Å². The minimum Gasteiger partial charge on any atom is -0.479 e. The van der Waals surface area contributed by atoms with E-state index in [-0.39, 0.29) is 10.9 Å². The Bertz CT molecular complexity index is 1230. The van der Waals surface area contributed by atoms with E-state index in [4.69, 9.17) is 44.0 Å². The van der Waals surface area contributed by atoms with E-state index in [1.165, 1.54) is 0 Å². The van der Waals surface area contributed by atoms with Crippen LogP contribution in [0, 0.1) is 0 Å². The van der Waals surface area contributed by atoms with Gasteiger partial charge in [-0.1, -0.05) is 59.1 Å². The van der Waals surface area contributed by atoms with Crippen LogP contribution in [0.25, 0.3) is 22.6 Å². The Morgan fingerprint density at radius 2 is 1.80 bits per heavy atom. The molecule has 0 spiro atoms. The SMILES string of the molecule is C[C@@H](Oc1cccc(Cl)c1Cl)C(=O)Nc1cc(Cl)c2oc(-c3ccccc3)nc2c1. The van der Waals surface area contributed by atoms with Crippen molar-refractivity contribution in [3.05, 3.63) is 75.7 Å². The normalized spacial score (nSPS) is 12.0. The van der Waals surface area contributed by atoms with E-state index in [0.717, 1.165) is 5.56 Å². The first-order valence-corrected chi connectivity index (χ1v) is 10.1. The van der Waals surface area contributed by atoms with Crippen molar-refractivity contribution in [3.8, 4) is 17.2 Å². The Balaban J connectivity index is 1.54. The van der Waals surface area contributed by atoms with Crippen LogP contribution < -0.4 is 10.1 Å². The topological polar surface area (TPSA) is 64.4 Å². The van der Waals surface area contributed by atoms with Gasteiger partial charge in [-0.05, 0) is 43.3 Å². The van der Waals surface area contributed by atoms with Crippen molar-refractivity contribution < 1.29 is 13.9 Å². The molecule has 4 aromatic rings. The van der Waals surface area contributed by atoms with Crippen LogP contribution in [0.2, 0.25) is 15.1 Å². The molecule has 1 amide bonds. The quantitative estimate of drug-likeness (QED) is 0.352. The van der Waals surface area contributed by atoms with Crippen LogP contribution in [0.3, 0.4) is 0 Å². The van der Waals surface area contributed by atoms with Crippen LogP contribution in [0.1, 0.15) is 6.92 Å². The summed E-state index contributed by atoms with van der Waals surface area (Å²) in [6.45, 7) is 1.61. The smallest absolute Gasteiger partial charge is 0.265 e. The number of carbonyl (C=O) groups is 1. The summed E-state index contributed by atoms with van der Waals surface area (Å²) in [5, 5.41) is 3.70. The Morgan fingerprint density at radius 1 is 1.03 bits per heavy atom. The highest BCUT2D eigenvalue weighted by Gasteiger charge is 2.19. The molecule has 0 saturated carbocycles. The molecule has 0 fully saturated rings. The first-order valence-electron chi connectivity index (χ1n) is 8.99. The number of ether oxygens (including phenoxy) is 1. The molecule has 0 aliphatic heterocycles. The molecule has 0 aliphatic carbocycles. The molecule has 1 heterocycles. The number of oxazole rings is 1. The molecule has 5 nitrogen and oxygen atoms in total. The number of rotatable bonds is 5. The minimum absolute atomic E-state index is 0.249. The summed E-state index contributed by atoms with van der Waals surface area (Å²) < 4.78 is 11.4. The number of anilines is 1. The van der Waals surface area contributed by atoms with Crippen LogP contribution in [0.5, 0.6) is 5.75 Å². The van der Waals surface area contributed by atoms with Crippen molar-refractivity contribution in [1.82, 2.24) is 4.98 Å². The Hall–Kier alpha value is -2.73. The number of nitrogens with one attached hydrogen (secondary N) is 1. The maximum Gasteiger partial charge on any atom is 0.265 e. The van der Waals surface area contributed by atoms with Crippen LogP contribution in [-0.4, -0.2) is 17.0 Å². The van der Waals surface area contributed by atoms with Gasteiger partial charge in [0.05, 0.1) is 10.0 Å². The number of nitrogens with zero attached hydrogens (tertiary/aromatic N) is 1. The van der Waals surface area contributed by atoms with Gasteiger partial charge in [-0.2, -0.15) is 0 Å². The number of hydrogen-bond donors (Lipinski definition) is 1. The molecule has 3 aromatic carbocycles. The summed E-state index contributed by atoms with van der Waals surface area (Å²) in [6.07, 6.45) is -0.826. The third kappa shape index (κ3) is 4.24. The molecular weight excluding hydrogens is 447 g/mol. The second-order valence-electron chi connectivity index (χ2n) is 6.49. The van der Waals surface area contributed by atoms with E-state index in [2.05, 4.69) is 10.3 Å². The van der Waals surface area contributed by atoms with Gasteiger partial charge in [-0.25, -0.2) is 4.98 Å². The van der Waals surface area contributed by atoms with Gasteiger partial charge in [0, 0.05) is 11.3 Å². The standard InChI is InChI=1S/C22H15Cl3N2O3/c1-12(29-18-9-5-8-15(23)19(18)25)21(28)26-14-10-16(24)20-17(11-14)27-22(30-20)13-6-3-2-4-7-13/h2-12H,1H3,(H,26,28)/t12-/m1/s1. The van der Waals surface area contributed by atoms with Gasteiger partial charge in [0.25, 0.3) is 5.91 Å². The molecule has 4 rings (SSSR count). The van der Waals surface area contributed by atoms with E-state index in [1.807, 2.05) is 30.3 Å². The number of hydrogen-bond acceptors (Lipinski definition) is 4. The zero-order valence-electron chi connectivity index (χ0n) is 15.7. The highest BCUT2D eigenvalue weighted by molar-refractivity contribution is 6.42. The fourth-order valence-corrected chi connectivity index (χ4v) is 3.42. The van der Waals surface area contributed by atoms with Gasteiger partial charge in [0.15, 0.2) is 11.7 Å². The minimum atomic E-state index is -0.826. The summed E-state index contributed by atoms with van der Waals surface area (Å²) in [5.41, 5.74) is 2.28. The van der Waals surface area contributed by atoms with Crippen LogP contribution in [0.15, 0.2) is 65.1 Å². The summed E-state index contributed by atoms with van der Waals surface area (Å²) in [4.78, 5) is 17.1. The van der Waals surface area contributed by atoms with E-state index in [0.29, 0.717) is 38.5 Å². The lowest BCUT2D eigenvalue weighted by atomic mass is 10.2.